The molecule has 1 N–H and O–H groups in total. The van der Waals surface area contributed by atoms with Crippen molar-refractivity contribution in [3.8, 4) is 6.07 Å². The Balaban J connectivity index is 1.86. The number of carbonyl (C=O) groups is 3. The Kier molecular flexibility index (Phi) is 3.52. The number of nitrogens with zero attached hydrogens (tertiary/aromatic N) is 3. The van der Waals surface area contributed by atoms with Crippen LogP contribution in [0.1, 0.15) is 33.6 Å². The van der Waals surface area contributed by atoms with Gasteiger partial charge < -0.3 is 10.0 Å². The molecule has 0 aromatic heterocycles. The number of hydrogen-bond acceptors (Lipinski definition) is 4. The summed E-state index contributed by atoms with van der Waals surface area (Å²) in [6, 6.07) is 8.67. The second-order valence-electron chi connectivity index (χ2n) is 5.94. The zero-order valence-electron chi connectivity index (χ0n) is 12.4. The lowest BCUT2D eigenvalue weighted by molar-refractivity contribution is 0.0516. The molecule has 1 aromatic carbocycles. The summed E-state index contributed by atoms with van der Waals surface area (Å²) in [5.74, 6) is -0.847. The van der Waals surface area contributed by atoms with E-state index in [4.69, 9.17) is 5.11 Å². The zero-order chi connectivity index (χ0) is 16.6. The first-order valence-corrected chi connectivity index (χ1v) is 7.32. The Labute approximate surface area is 132 Å². The van der Waals surface area contributed by atoms with Crippen molar-refractivity contribution in [3.63, 3.8) is 0 Å². The highest BCUT2D eigenvalue weighted by Crippen LogP contribution is 2.33. The summed E-state index contributed by atoms with van der Waals surface area (Å²) in [7, 11) is 0. The summed E-state index contributed by atoms with van der Waals surface area (Å²) in [6.07, 6.45) is -0.101. The number of fused-ring (bicyclic) bond motifs is 1. The van der Waals surface area contributed by atoms with Gasteiger partial charge in [0, 0.05) is 19.6 Å². The van der Waals surface area contributed by atoms with E-state index in [0.29, 0.717) is 30.5 Å². The third-order valence-corrected chi connectivity index (χ3v) is 4.42. The van der Waals surface area contributed by atoms with Crippen LogP contribution in [0, 0.1) is 16.7 Å². The molecule has 1 saturated heterocycles. The molecule has 2 aliphatic heterocycles. The molecule has 3 amide bonds. The molecule has 1 unspecified atom stereocenters. The van der Waals surface area contributed by atoms with Crippen LogP contribution in [0.5, 0.6) is 0 Å². The van der Waals surface area contributed by atoms with Gasteiger partial charge in [0.15, 0.2) is 0 Å². The minimum Gasteiger partial charge on any atom is -0.465 e. The van der Waals surface area contributed by atoms with Crippen molar-refractivity contribution in [2.45, 2.75) is 12.8 Å². The molecule has 23 heavy (non-hydrogen) atoms. The highest BCUT2D eigenvalue weighted by molar-refractivity contribution is 6.21. The van der Waals surface area contributed by atoms with Crippen molar-refractivity contribution in [1.82, 2.24) is 9.80 Å². The van der Waals surface area contributed by atoms with Gasteiger partial charge in [-0.2, -0.15) is 5.26 Å². The standard InChI is InChI=1S/C16H15N3O4/c17-8-16(6-3-7-18(9-16)15(22)23)10-19-13(20)11-4-1-2-5-12(11)14(19)21/h1-2,4-5H,3,6-7,9-10H2,(H,22,23). The van der Waals surface area contributed by atoms with Crippen LogP contribution >= 0.6 is 0 Å². The molecule has 2 aliphatic rings. The van der Waals surface area contributed by atoms with E-state index in [9.17, 15) is 19.6 Å². The second-order valence-corrected chi connectivity index (χ2v) is 5.94. The Bertz CT molecular complexity index is 704. The van der Waals surface area contributed by atoms with Crippen LogP contribution in [-0.2, 0) is 0 Å². The molecule has 0 radical (unpaired) electrons. The average Bonchev–Trinajstić information content (AvgIpc) is 2.80. The number of hydrogen-bond donors (Lipinski definition) is 1. The van der Waals surface area contributed by atoms with Crippen LogP contribution in [0.3, 0.4) is 0 Å². The third-order valence-electron chi connectivity index (χ3n) is 4.42. The topological polar surface area (TPSA) is 102 Å². The lowest BCUT2D eigenvalue weighted by atomic mass is 9.81. The SMILES string of the molecule is N#CC1(CN2C(=O)c3ccccc3C2=O)CCCN(C(=O)O)C1. The van der Waals surface area contributed by atoms with Crippen LogP contribution < -0.4 is 0 Å². The average molecular weight is 313 g/mol. The first kappa shape index (κ1) is 15.0. The number of rotatable bonds is 2. The van der Waals surface area contributed by atoms with Gasteiger partial charge in [0.05, 0.1) is 22.6 Å². The van der Waals surface area contributed by atoms with Crippen LogP contribution in [0.25, 0.3) is 0 Å². The Morgan fingerprint density at radius 3 is 2.39 bits per heavy atom. The second kappa shape index (κ2) is 5.39. The number of nitriles is 1. The van der Waals surface area contributed by atoms with Gasteiger partial charge in [-0.25, -0.2) is 4.79 Å². The quantitative estimate of drug-likeness (QED) is 0.835. The number of carboxylic acid groups (broad SMARTS) is 1. The van der Waals surface area contributed by atoms with Gasteiger partial charge in [-0.1, -0.05) is 12.1 Å². The molecule has 0 spiro atoms. The number of carbonyl (C=O) groups excluding carboxylic acids is 2. The van der Waals surface area contributed by atoms with E-state index in [-0.39, 0.29) is 13.1 Å². The summed E-state index contributed by atoms with van der Waals surface area (Å²) in [5, 5.41) is 18.7. The van der Waals surface area contributed by atoms with Gasteiger partial charge in [-0.15, -0.1) is 0 Å². The Morgan fingerprint density at radius 1 is 1.26 bits per heavy atom. The summed E-state index contributed by atoms with van der Waals surface area (Å²) in [6.45, 7) is 0.284. The molecule has 1 fully saturated rings. The Morgan fingerprint density at radius 2 is 1.87 bits per heavy atom. The molecule has 3 rings (SSSR count). The summed E-state index contributed by atoms with van der Waals surface area (Å²) < 4.78 is 0. The number of likely N-dealkylation sites (tertiary alicyclic amines) is 1. The van der Waals surface area contributed by atoms with E-state index < -0.39 is 23.3 Å². The van der Waals surface area contributed by atoms with Gasteiger partial charge >= 0.3 is 6.09 Å². The normalized spacial score (nSPS) is 23.6. The molecule has 0 bridgehead atoms. The highest BCUT2D eigenvalue weighted by Gasteiger charge is 2.44. The van der Waals surface area contributed by atoms with Crippen molar-refractivity contribution in [2.75, 3.05) is 19.6 Å². The molecule has 118 valence electrons. The summed E-state index contributed by atoms with van der Waals surface area (Å²) in [4.78, 5) is 38.3. The molecule has 0 aliphatic carbocycles. The minimum absolute atomic E-state index is 0.00619. The van der Waals surface area contributed by atoms with Crippen LogP contribution in [0.4, 0.5) is 4.79 Å². The van der Waals surface area contributed by atoms with E-state index in [2.05, 4.69) is 6.07 Å². The number of benzene rings is 1. The number of amides is 3. The van der Waals surface area contributed by atoms with E-state index in [1.54, 1.807) is 24.3 Å². The summed E-state index contributed by atoms with van der Waals surface area (Å²) in [5.41, 5.74) is -0.391. The maximum atomic E-state index is 12.4. The molecule has 7 heteroatoms. The van der Waals surface area contributed by atoms with Crippen LogP contribution in [0.15, 0.2) is 24.3 Å². The summed E-state index contributed by atoms with van der Waals surface area (Å²) >= 11 is 0. The molecular formula is C16H15N3O4. The van der Waals surface area contributed by atoms with Crippen LogP contribution in [-0.4, -0.2) is 52.4 Å². The fourth-order valence-electron chi connectivity index (χ4n) is 3.24. The van der Waals surface area contributed by atoms with Gasteiger partial charge in [0.2, 0.25) is 0 Å². The Hall–Kier alpha value is -2.88. The third kappa shape index (κ3) is 2.42. The predicted octanol–water partition coefficient (Wildman–Crippen LogP) is 1.57. The first-order chi connectivity index (χ1) is 11.0. The number of piperidine rings is 1. The van der Waals surface area contributed by atoms with E-state index in [0.717, 1.165) is 4.90 Å². The van der Waals surface area contributed by atoms with Crippen LogP contribution in [0.2, 0.25) is 0 Å². The van der Waals surface area contributed by atoms with Crippen molar-refractivity contribution in [3.05, 3.63) is 35.4 Å². The fraction of sp³-hybridized carbons (Fsp3) is 0.375. The van der Waals surface area contributed by atoms with Crippen molar-refractivity contribution >= 4 is 17.9 Å². The van der Waals surface area contributed by atoms with E-state index in [1.165, 1.54) is 4.90 Å². The van der Waals surface area contributed by atoms with Gasteiger partial charge in [0.25, 0.3) is 11.8 Å². The highest BCUT2D eigenvalue weighted by atomic mass is 16.4. The van der Waals surface area contributed by atoms with Gasteiger partial charge in [-0.3, -0.25) is 14.5 Å². The monoisotopic (exact) mass is 313 g/mol. The molecular weight excluding hydrogens is 298 g/mol. The van der Waals surface area contributed by atoms with E-state index >= 15 is 0 Å². The van der Waals surface area contributed by atoms with E-state index in [1.807, 2.05) is 0 Å². The first-order valence-electron chi connectivity index (χ1n) is 7.32. The maximum Gasteiger partial charge on any atom is 0.407 e. The van der Waals surface area contributed by atoms with Crippen molar-refractivity contribution in [2.24, 2.45) is 5.41 Å². The molecule has 0 saturated carbocycles. The lowest BCUT2D eigenvalue weighted by Crippen LogP contribution is -2.51. The van der Waals surface area contributed by atoms with Gasteiger partial charge in [0.1, 0.15) is 0 Å². The molecule has 1 aromatic rings. The van der Waals surface area contributed by atoms with Crippen molar-refractivity contribution < 1.29 is 19.5 Å². The van der Waals surface area contributed by atoms with Gasteiger partial charge in [-0.05, 0) is 25.0 Å². The molecule has 7 nitrogen and oxygen atoms in total. The fourth-order valence-corrected chi connectivity index (χ4v) is 3.24. The zero-order valence-corrected chi connectivity index (χ0v) is 12.4. The number of imide groups is 1. The molecule has 1 atom stereocenters. The lowest BCUT2D eigenvalue weighted by Gasteiger charge is -2.38. The smallest absolute Gasteiger partial charge is 0.407 e. The predicted molar refractivity (Wildman–Crippen MR) is 78.7 cm³/mol. The maximum absolute atomic E-state index is 12.4. The molecule has 2 heterocycles. The largest absolute Gasteiger partial charge is 0.465 e. The minimum atomic E-state index is -1.09. The van der Waals surface area contributed by atoms with Crippen molar-refractivity contribution in [1.29, 1.82) is 5.26 Å².